The lowest BCUT2D eigenvalue weighted by atomic mass is 9.93. The molecule has 0 fully saturated rings. The minimum Gasteiger partial charge on any atom is -0.316 e. The highest BCUT2D eigenvalue weighted by molar-refractivity contribution is 7.17. The van der Waals surface area contributed by atoms with Crippen LogP contribution < -0.4 is 0 Å². The molecular weight excluding hydrogens is 593 g/mol. The van der Waals surface area contributed by atoms with E-state index in [1.807, 2.05) is 0 Å². The highest BCUT2D eigenvalue weighted by Crippen LogP contribution is 2.41. The number of rotatable bonds is 4. The molecule has 10 rings (SSSR count). The van der Waals surface area contributed by atoms with Gasteiger partial charge >= 0.3 is 0 Å². The largest absolute Gasteiger partial charge is 0.316 e. The van der Waals surface area contributed by atoms with E-state index in [1.165, 1.54) is 27.1 Å². The zero-order chi connectivity index (χ0) is 30.9. The number of nitrogens with zero attached hydrogens (tertiary/aromatic N) is 4. The van der Waals surface area contributed by atoms with E-state index < -0.39 is 0 Å². The fourth-order valence-electron chi connectivity index (χ4n) is 7.22. The van der Waals surface area contributed by atoms with Crippen LogP contribution in [0.3, 0.4) is 0 Å². The van der Waals surface area contributed by atoms with Gasteiger partial charge in [-0.05, 0) is 63.7 Å². The lowest BCUT2D eigenvalue weighted by Gasteiger charge is -2.14. The summed E-state index contributed by atoms with van der Waals surface area (Å²) in [5.74, 6) is 0.671. The molecule has 10 aromatic rings. The Balaban J connectivity index is 1.28. The number of hydrogen-bond donors (Lipinski definition) is 0. The fourth-order valence-corrected chi connectivity index (χ4v) is 8.05. The van der Waals surface area contributed by atoms with Gasteiger partial charge in [0.2, 0.25) is 5.95 Å². The molecule has 0 unspecified atom stereocenters. The summed E-state index contributed by atoms with van der Waals surface area (Å²) in [4.78, 5) is 10.7. The second-order valence-corrected chi connectivity index (χ2v) is 12.8. The maximum atomic E-state index is 5.48. The lowest BCUT2D eigenvalue weighted by molar-refractivity contribution is 1.02. The summed E-state index contributed by atoms with van der Waals surface area (Å²) in [5, 5.41) is 8.11. The molecule has 0 N–H and O–H groups in total. The zero-order valence-electron chi connectivity index (χ0n) is 25.2. The van der Waals surface area contributed by atoms with Crippen LogP contribution in [0, 0.1) is 0 Å². The first kappa shape index (κ1) is 26.2. The second-order valence-electron chi connectivity index (χ2n) is 11.8. The molecule has 0 amide bonds. The van der Waals surface area contributed by atoms with E-state index in [2.05, 4.69) is 166 Å². The highest BCUT2D eigenvalue weighted by Gasteiger charge is 2.22. The average Bonchev–Trinajstić information content (AvgIpc) is 3.87. The van der Waals surface area contributed by atoms with Crippen molar-refractivity contribution in [3.8, 4) is 34.0 Å². The number of aromatic nitrogens is 4. The lowest BCUT2D eigenvalue weighted by Crippen LogP contribution is -2.03. The van der Waals surface area contributed by atoms with Crippen LogP contribution in [0.5, 0.6) is 0 Å². The maximum absolute atomic E-state index is 5.48. The van der Waals surface area contributed by atoms with Gasteiger partial charge in [-0.1, -0.05) is 109 Å². The topological polar surface area (TPSA) is 35.6 Å². The SMILES string of the molecule is c1ccc(-n2ccc3c2ccc2c4ccccc4n(-c4nc(-c5ccccc5-c5cccc6ccccc56)c5sccc5n4)c23)cc1. The third-order valence-corrected chi connectivity index (χ3v) is 10.2. The van der Waals surface area contributed by atoms with Gasteiger partial charge in [-0.3, -0.25) is 4.57 Å². The number of thiophene rings is 1. The van der Waals surface area contributed by atoms with Crippen LogP contribution in [0.1, 0.15) is 0 Å². The van der Waals surface area contributed by atoms with Crippen LogP contribution in [-0.2, 0) is 0 Å². The van der Waals surface area contributed by atoms with Crippen molar-refractivity contribution < 1.29 is 0 Å². The Morgan fingerprint density at radius 2 is 1.23 bits per heavy atom. The molecule has 0 aliphatic carbocycles. The Labute approximate surface area is 274 Å². The monoisotopic (exact) mass is 618 g/mol. The van der Waals surface area contributed by atoms with Gasteiger partial charge in [0.05, 0.1) is 32.5 Å². The van der Waals surface area contributed by atoms with E-state index in [0.717, 1.165) is 54.7 Å². The molecule has 220 valence electrons. The highest BCUT2D eigenvalue weighted by atomic mass is 32.1. The average molecular weight is 619 g/mol. The van der Waals surface area contributed by atoms with E-state index >= 15 is 0 Å². The van der Waals surface area contributed by atoms with Gasteiger partial charge in [-0.15, -0.1) is 11.3 Å². The van der Waals surface area contributed by atoms with Crippen LogP contribution in [0.4, 0.5) is 0 Å². The first-order valence-electron chi connectivity index (χ1n) is 15.8. The Hall–Kier alpha value is -6.04. The van der Waals surface area contributed by atoms with Crippen LogP contribution >= 0.6 is 11.3 Å². The summed E-state index contributed by atoms with van der Waals surface area (Å²) in [5.41, 5.74) is 9.83. The Bertz CT molecular complexity index is 2800. The zero-order valence-corrected chi connectivity index (χ0v) is 26.0. The molecule has 5 heteroatoms. The van der Waals surface area contributed by atoms with Crippen molar-refractivity contribution >= 4 is 65.0 Å². The van der Waals surface area contributed by atoms with E-state index in [1.54, 1.807) is 11.3 Å². The molecule has 0 radical (unpaired) electrons. The molecule has 0 bridgehead atoms. The van der Waals surface area contributed by atoms with Crippen molar-refractivity contribution in [2.24, 2.45) is 0 Å². The van der Waals surface area contributed by atoms with Crippen molar-refractivity contribution in [1.29, 1.82) is 0 Å². The quantitative estimate of drug-likeness (QED) is 0.197. The van der Waals surface area contributed by atoms with Gasteiger partial charge < -0.3 is 4.57 Å². The summed E-state index contributed by atoms with van der Waals surface area (Å²) < 4.78 is 5.61. The van der Waals surface area contributed by atoms with E-state index in [0.29, 0.717) is 5.95 Å². The summed E-state index contributed by atoms with van der Waals surface area (Å²) in [6, 6.07) is 51.7. The predicted molar refractivity (Wildman–Crippen MR) is 197 cm³/mol. The number of para-hydroxylation sites is 2. The van der Waals surface area contributed by atoms with Gasteiger partial charge in [0.15, 0.2) is 0 Å². The smallest absolute Gasteiger partial charge is 0.235 e. The fraction of sp³-hybridized carbons (Fsp3) is 0. The third-order valence-electron chi connectivity index (χ3n) is 9.29. The second kappa shape index (κ2) is 10.2. The van der Waals surface area contributed by atoms with Gasteiger partial charge in [0.1, 0.15) is 0 Å². The molecule has 0 aliphatic heterocycles. The third kappa shape index (κ3) is 3.94. The molecule has 4 aromatic heterocycles. The normalized spacial score (nSPS) is 11.8. The van der Waals surface area contributed by atoms with Gasteiger partial charge in [0, 0.05) is 33.6 Å². The first-order valence-corrected chi connectivity index (χ1v) is 16.6. The minimum absolute atomic E-state index is 0.671. The molecular formula is C42H26N4S. The van der Waals surface area contributed by atoms with Gasteiger partial charge in [-0.25, -0.2) is 9.97 Å². The van der Waals surface area contributed by atoms with Crippen molar-refractivity contribution in [3.63, 3.8) is 0 Å². The molecule has 0 atom stereocenters. The van der Waals surface area contributed by atoms with E-state index in [-0.39, 0.29) is 0 Å². The Kier molecular flexibility index (Phi) is 5.71. The molecule has 47 heavy (non-hydrogen) atoms. The Morgan fingerprint density at radius 1 is 0.489 bits per heavy atom. The van der Waals surface area contributed by atoms with Crippen LogP contribution in [0.15, 0.2) is 157 Å². The molecule has 4 nitrogen and oxygen atoms in total. The number of benzene rings is 6. The summed E-state index contributed by atoms with van der Waals surface area (Å²) in [7, 11) is 0. The Morgan fingerprint density at radius 3 is 2.15 bits per heavy atom. The number of hydrogen-bond acceptors (Lipinski definition) is 3. The van der Waals surface area contributed by atoms with Gasteiger partial charge in [-0.2, -0.15) is 0 Å². The maximum Gasteiger partial charge on any atom is 0.235 e. The van der Waals surface area contributed by atoms with Crippen molar-refractivity contribution in [2.45, 2.75) is 0 Å². The number of fused-ring (bicyclic) bond motifs is 7. The van der Waals surface area contributed by atoms with Crippen molar-refractivity contribution in [3.05, 3.63) is 157 Å². The molecule has 0 aliphatic rings. The van der Waals surface area contributed by atoms with Crippen molar-refractivity contribution in [2.75, 3.05) is 0 Å². The summed E-state index contributed by atoms with van der Waals surface area (Å²) >= 11 is 1.70. The summed E-state index contributed by atoms with van der Waals surface area (Å²) in [6.45, 7) is 0. The molecule has 0 saturated carbocycles. The van der Waals surface area contributed by atoms with Crippen molar-refractivity contribution in [1.82, 2.24) is 19.1 Å². The molecule has 0 saturated heterocycles. The van der Waals surface area contributed by atoms with Crippen LogP contribution in [0.2, 0.25) is 0 Å². The molecule has 4 heterocycles. The molecule has 0 spiro atoms. The summed E-state index contributed by atoms with van der Waals surface area (Å²) in [6.07, 6.45) is 2.16. The first-order chi connectivity index (χ1) is 23.3. The van der Waals surface area contributed by atoms with Gasteiger partial charge in [0.25, 0.3) is 0 Å². The predicted octanol–water partition coefficient (Wildman–Crippen LogP) is 11.2. The van der Waals surface area contributed by atoms with E-state index in [9.17, 15) is 0 Å². The van der Waals surface area contributed by atoms with Crippen LogP contribution in [-0.4, -0.2) is 19.1 Å². The van der Waals surface area contributed by atoms with E-state index in [4.69, 9.17) is 9.97 Å². The minimum atomic E-state index is 0.671. The molecule has 6 aromatic carbocycles. The standard InChI is InChI=1S/C42H26N4S/c1-2-13-28(14-3-1)45-25-23-35-37(45)22-21-34-32-17-8-9-20-38(32)46(40(34)35)42-43-36-24-26-47-41(36)39(44-42)33-18-7-6-16-31(33)30-19-10-12-27-11-4-5-15-29(27)30/h1-26H. The van der Waals surface area contributed by atoms with Crippen LogP contribution in [0.25, 0.3) is 87.7 Å².